The Balaban J connectivity index is 2.11. The summed E-state index contributed by atoms with van der Waals surface area (Å²) in [5, 5.41) is 2.24. The summed E-state index contributed by atoms with van der Waals surface area (Å²) in [5.41, 5.74) is -0.441. The van der Waals surface area contributed by atoms with Crippen LogP contribution in [-0.2, 0) is 6.54 Å². The number of nitrogens with one attached hydrogen (secondary N) is 1. The molecule has 1 amide bonds. The van der Waals surface area contributed by atoms with E-state index < -0.39 is 34.7 Å². The summed E-state index contributed by atoms with van der Waals surface area (Å²) in [6, 6.07) is 6.04. The predicted octanol–water partition coefficient (Wildman–Crippen LogP) is 3.17. The van der Waals surface area contributed by atoms with Gasteiger partial charge in [0.1, 0.15) is 11.6 Å². The second-order valence-corrected chi connectivity index (χ2v) is 4.02. The van der Waals surface area contributed by atoms with E-state index in [9.17, 15) is 22.4 Å². The Morgan fingerprint density at radius 1 is 1.00 bits per heavy atom. The lowest BCUT2D eigenvalue weighted by Gasteiger charge is -2.07. The number of halogens is 4. The molecule has 1 N–H and O–H groups in total. The minimum Gasteiger partial charge on any atom is -0.348 e. The van der Waals surface area contributed by atoms with Crippen LogP contribution in [0.2, 0.25) is 0 Å². The molecule has 0 saturated carbocycles. The fraction of sp³-hybridized carbons (Fsp3) is 0.0714. The van der Waals surface area contributed by atoms with Crippen molar-refractivity contribution in [3.8, 4) is 0 Å². The number of benzene rings is 2. The first kappa shape index (κ1) is 14.0. The largest absolute Gasteiger partial charge is 0.348 e. The Kier molecular flexibility index (Phi) is 4.02. The zero-order chi connectivity index (χ0) is 14.7. The lowest BCUT2D eigenvalue weighted by molar-refractivity contribution is 0.0945. The molecule has 0 spiro atoms. The van der Waals surface area contributed by atoms with Crippen molar-refractivity contribution < 1.29 is 22.4 Å². The van der Waals surface area contributed by atoms with Crippen LogP contribution >= 0.6 is 0 Å². The molecule has 0 fully saturated rings. The molecule has 0 saturated heterocycles. The van der Waals surface area contributed by atoms with E-state index in [-0.39, 0.29) is 12.1 Å². The molecule has 0 radical (unpaired) electrons. The number of hydrogen-bond acceptors (Lipinski definition) is 1. The van der Waals surface area contributed by atoms with Gasteiger partial charge in [-0.2, -0.15) is 0 Å². The minimum absolute atomic E-state index is 0.0385. The summed E-state index contributed by atoms with van der Waals surface area (Å²) in [7, 11) is 0. The highest BCUT2D eigenvalue weighted by Gasteiger charge is 2.15. The third-order valence-electron chi connectivity index (χ3n) is 2.65. The minimum atomic E-state index is -1.27. The topological polar surface area (TPSA) is 29.1 Å². The zero-order valence-corrected chi connectivity index (χ0v) is 10.1. The van der Waals surface area contributed by atoms with Gasteiger partial charge in [-0.3, -0.25) is 4.79 Å². The van der Waals surface area contributed by atoms with Crippen molar-refractivity contribution in [3.63, 3.8) is 0 Å². The van der Waals surface area contributed by atoms with Crippen LogP contribution in [-0.4, -0.2) is 5.91 Å². The first-order valence-electron chi connectivity index (χ1n) is 5.65. The Morgan fingerprint density at radius 2 is 1.75 bits per heavy atom. The van der Waals surface area contributed by atoms with Crippen LogP contribution in [0, 0.1) is 23.3 Å². The molecule has 0 atom stereocenters. The van der Waals surface area contributed by atoms with Crippen molar-refractivity contribution in [2.75, 3.05) is 0 Å². The summed E-state index contributed by atoms with van der Waals surface area (Å²) < 4.78 is 52.3. The van der Waals surface area contributed by atoms with Crippen LogP contribution in [0.15, 0.2) is 36.4 Å². The molecule has 0 bridgehead atoms. The molecular formula is C14H9F4NO. The van der Waals surface area contributed by atoms with Crippen molar-refractivity contribution in [1.82, 2.24) is 5.32 Å². The number of rotatable bonds is 3. The average molecular weight is 283 g/mol. The molecule has 2 aromatic rings. The summed E-state index contributed by atoms with van der Waals surface area (Å²) in [5.74, 6) is -4.88. The van der Waals surface area contributed by atoms with Crippen LogP contribution < -0.4 is 5.32 Å². The van der Waals surface area contributed by atoms with Crippen molar-refractivity contribution in [2.45, 2.75) is 6.54 Å². The van der Waals surface area contributed by atoms with Gasteiger partial charge in [0.15, 0.2) is 11.6 Å². The average Bonchev–Trinajstić information content (AvgIpc) is 2.40. The highest BCUT2D eigenvalue weighted by atomic mass is 19.2. The fourth-order valence-corrected chi connectivity index (χ4v) is 1.61. The molecular weight excluding hydrogens is 274 g/mol. The van der Waals surface area contributed by atoms with E-state index in [2.05, 4.69) is 5.32 Å². The molecule has 0 heterocycles. The van der Waals surface area contributed by atoms with E-state index in [1.807, 2.05) is 0 Å². The monoisotopic (exact) mass is 283 g/mol. The van der Waals surface area contributed by atoms with Gasteiger partial charge in [0.05, 0.1) is 5.56 Å². The highest BCUT2D eigenvalue weighted by molar-refractivity contribution is 5.94. The van der Waals surface area contributed by atoms with E-state index in [0.29, 0.717) is 6.07 Å². The Labute approximate surface area is 112 Å². The molecule has 2 nitrogen and oxygen atoms in total. The van der Waals surface area contributed by atoms with Gasteiger partial charge < -0.3 is 5.32 Å². The second kappa shape index (κ2) is 5.73. The lowest BCUT2D eigenvalue weighted by atomic mass is 10.1. The quantitative estimate of drug-likeness (QED) is 0.861. The maximum Gasteiger partial charge on any atom is 0.254 e. The van der Waals surface area contributed by atoms with E-state index in [1.54, 1.807) is 0 Å². The van der Waals surface area contributed by atoms with Crippen LogP contribution in [0.5, 0.6) is 0 Å². The third-order valence-corrected chi connectivity index (χ3v) is 2.65. The first-order valence-corrected chi connectivity index (χ1v) is 5.65. The SMILES string of the molecule is O=C(NCc1ccc(F)cc1F)c1cccc(F)c1F. The van der Waals surface area contributed by atoms with Gasteiger partial charge in [-0.05, 0) is 18.2 Å². The Morgan fingerprint density at radius 3 is 2.45 bits per heavy atom. The fourth-order valence-electron chi connectivity index (χ4n) is 1.61. The smallest absolute Gasteiger partial charge is 0.254 e. The standard InChI is InChI=1S/C14H9F4NO/c15-9-5-4-8(12(17)6-9)7-19-14(20)10-2-1-3-11(16)13(10)18/h1-6H,7H2,(H,19,20). The number of hydrogen-bond donors (Lipinski definition) is 1. The Hall–Kier alpha value is -2.37. The maximum absolute atomic E-state index is 13.4. The maximum atomic E-state index is 13.4. The van der Waals surface area contributed by atoms with E-state index in [1.165, 1.54) is 6.07 Å². The summed E-state index contributed by atoms with van der Waals surface area (Å²) in [6.07, 6.45) is 0. The van der Waals surface area contributed by atoms with Crippen LogP contribution in [0.1, 0.15) is 15.9 Å². The Bertz CT molecular complexity index is 658. The summed E-state index contributed by atoms with van der Waals surface area (Å²) in [4.78, 5) is 11.7. The molecule has 0 aliphatic heterocycles. The molecule has 104 valence electrons. The molecule has 6 heteroatoms. The van der Waals surface area contributed by atoms with Crippen LogP contribution in [0.25, 0.3) is 0 Å². The van der Waals surface area contributed by atoms with Gasteiger partial charge in [-0.25, -0.2) is 17.6 Å². The zero-order valence-electron chi connectivity index (χ0n) is 10.1. The molecule has 20 heavy (non-hydrogen) atoms. The van der Waals surface area contributed by atoms with Gasteiger partial charge in [0.25, 0.3) is 5.91 Å². The second-order valence-electron chi connectivity index (χ2n) is 4.02. The molecule has 0 aliphatic rings. The van der Waals surface area contributed by atoms with E-state index in [4.69, 9.17) is 0 Å². The number of carbonyl (C=O) groups excluding carboxylic acids is 1. The highest BCUT2D eigenvalue weighted by Crippen LogP contribution is 2.12. The van der Waals surface area contributed by atoms with E-state index >= 15 is 0 Å². The van der Waals surface area contributed by atoms with Gasteiger partial charge in [0, 0.05) is 18.2 Å². The van der Waals surface area contributed by atoms with Crippen LogP contribution in [0.4, 0.5) is 17.6 Å². The molecule has 2 rings (SSSR count). The van der Waals surface area contributed by atoms with Crippen molar-refractivity contribution >= 4 is 5.91 Å². The van der Waals surface area contributed by atoms with Crippen molar-refractivity contribution in [3.05, 3.63) is 70.8 Å². The summed E-state index contributed by atoms with van der Waals surface area (Å²) >= 11 is 0. The third kappa shape index (κ3) is 2.96. The van der Waals surface area contributed by atoms with Gasteiger partial charge in [0.2, 0.25) is 0 Å². The normalized spacial score (nSPS) is 10.4. The van der Waals surface area contributed by atoms with E-state index in [0.717, 1.165) is 24.3 Å². The predicted molar refractivity (Wildman–Crippen MR) is 63.9 cm³/mol. The lowest BCUT2D eigenvalue weighted by Crippen LogP contribution is -2.24. The molecule has 0 aromatic heterocycles. The van der Waals surface area contributed by atoms with Gasteiger partial charge in [-0.1, -0.05) is 12.1 Å². The molecule has 0 aliphatic carbocycles. The van der Waals surface area contributed by atoms with Gasteiger partial charge in [-0.15, -0.1) is 0 Å². The first-order chi connectivity index (χ1) is 9.49. The molecule has 2 aromatic carbocycles. The summed E-state index contributed by atoms with van der Waals surface area (Å²) in [6.45, 7) is -0.263. The van der Waals surface area contributed by atoms with Gasteiger partial charge >= 0.3 is 0 Å². The van der Waals surface area contributed by atoms with Crippen LogP contribution in [0.3, 0.4) is 0 Å². The van der Waals surface area contributed by atoms with Crippen molar-refractivity contribution in [1.29, 1.82) is 0 Å². The molecule has 0 unspecified atom stereocenters. The number of carbonyl (C=O) groups is 1. The number of amides is 1. The van der Waals surface area contributed by atoms with Crippen molar-refractivity contribution in [2.24, 2.45) is 0 Å².